The van der Waals surface area contributed by atoms with Crippen LogP contribution in [0, 0.1) is 18.7 Å². The van der Waals surface area contributed by atoms with Crippen LogP contribution in [0.5, 0.6) is 0 Å². The van der Waals surface area contributed by atoms with Crippen molar-refractivity contribution < 1.29 is 14.4 Å². The van der Waals surface area contributed by atoms with Gasteiger partial charge in [-0.05, 0) is 42.5 Å². The average Bonchev–Trinajstić information content (AvgIpc) is 2.42. The fourth-order valence-electron chi connectivity index (χ4n) is 1.88. The number of allylic oxidation sites excluding steroid dienone is 1. The molecule has 1 aromatic rings. The molecular weight excluding hydrogens is 245 g/mol. The van der Waals surface area contributed by atoms with Gasteiger partial charge >= 0.3 is 0 Å². The van der Waals surface area contributed by atoms with Crippen molar-refractivity contribution in [2.24, 2.45) is 5.92 Å². The fourth-order valence-corrected chi connectivity index (χ4v) is 1.88. The molecule has 1 atom stereocenters. The van der Waals surface area contributed by atoms with E-state index in [4.69, 9.17) is 5.21 Å². The van der Waals surface area contributed by atoms with Crippen molar-refractivity contribution in [3.8, 4) is 0 Å². The lowest BCUT2D eigenvalue weighted by Crippen LogP contribution is -2.29. The molecule has 0 aliphatic rings. The maximum Gasteiger partial charge on any atom is 0.250 e. The van der Waals surface area contributed by atoms with E-state index in [9.17, 15) is 9.18 Å². The quantitative estimate of drug-likeness (QED) is 0.471. The number of hydrogen-bond acceptors (Lipinski definition) is 2. The lowest BCUT2D eigenvalue weighted by molar-refractivity contribution is -0.132. The van der Waals surface area contributed by atoms with E-state index in [2.05, 4.69) is 13.2 Å². The zero-order chi connectivity index (χ0) is 14.4. The van der Waals surface area contributed by atoms with Gasteiger partial charge in [0.25, 0.3) is 5.91 Å². The van der Waals surface area contributed by atoms with E-state index in [0.717, 1.165) is 5.56 Å². The maximum atomic E-state index is 13.1. The first kappa shape index (κ1) is 15.1. The summed E-state index contributed by atoms with van der Waals surface area (Å²) in [5.74, 6) is -1.29. The van der Waals surface area contributed by atoms with Crippen molar-refractivity contribution in [3.63, 3.8) is 0 Å². The zero-order valence-corrected chi connectivity index (χ0v) is 10.9. The minimum absolute atomic E-state index is 0.246. The first-order valence-electron chi connectivity index (χ1n) is 5.99. The number of rotatable bonds is 6. The number of hydrogen-bond donors (Lipinski definition) is 2. The molecular formula is C15H18FNO2. The van der Waals surface area contributed by atoms with Gasteiger partial charge in [0.05, 0.1) is 5.92 Å². The third-order valence-corrected chi connectivity index (χ3v) is 3.08. The molecule has 1 aromatic carbocycles. The van der Waals surface area contributed by atoms with Crippen molar-refractivity contribution in [3.05, 3.63) is 60.0 Å². The average molecular weight is 263 g/mol. The van der Waals surface area contributed by atoms with Crippen LogP contribution < -0.4 is 5.48 Å². The van der Waals surface area contributed by atoms with Gasteiger partial charge in [0.15, 0.2) is 0 Å². The van der Waals surface area contributed by atoms with Gasteiger partial charge in [0.2, 0.25) is 0 Å². The van der Waals surface area contributed by atoms with E-state index >= 15 is 0 Å². The molecule has 0 saturated heterocycles. The highest BCUT2D eigenvalue weighted by molar-refractivity contribution is 5.80. The van der Waals surface area contributed by atoms with E-state index < -0.39 is 11.8 Å². The third-order valence-electron chi connectivity index (χ3n) is 3.08. The van der Waals surface area contributed by atoms with Crippen LogP contribution in [0.1, 0.15) is 17.5 Å². The van der Waals surface area contributed by atoms with Crippen molar-refractivity contribution in [1.82, 2.24) is 5.48 Å². The number of amides is 1. The highest BCUT2D eigenvalue weighted by Gasteiger charge is 2.19. The Hall–Kier alpha value is -1.94. The number of carbonyl (C=O) groups is 1. The molecule has 0 aromatic heterocycles. The van der Waals surface area contributed by atoms with Gasteiger partial charge in [-0.1, -0.05) is 31.4 Å². The van der Waals surface area contributed by atoms with E-state index in [1.54, 1.807) is 24.5 Å². The monoisotopic (exact) mass is 263 g/mol. The predicted molar refractivity (Wildman–Crippen MR) is 72.2 cm³/mol. The summed E-state index contributed by atoms with van der Waals surface area (Å²) in [7, 11) is 0. The molecule has 0 saturated carbocycles. The van der Waals surface area contributed by atoms with Gasteiger partial charge in [-0.25, -0.2) is 9.87 Å². The van der Waals surface area contributed by atoms with Crippen LogP contribution in [-0.2, 0) is 11.2 Å². The Morgan fingerprint density at radius 2 is 2.26 bits per heavy atom. The van der Waals surface area contributed by atoms with Crippen LogP contribution in [0.25, 0.3) is 0 Å². The molecule has 0 spiro atoms. The third kappa shape index (κ3) is 4.03. The second-order valence-corrected chi connectivity index (χ2v) is 4.43. The summed E-state index contributed by atoms with van der Waals surface area (Å²) in [5, 5.41) is 8.70. The molecule has 0 fully saturated rings. The molecule has 0 unspecified atom stereocenters. The Kier molecular flexibility index (Phi) is 5.45. The first-order valence-corrected chi connectivity index (χ1v) is 5.99. The summed E-state index contributed by atoms with van der Waals surface area (Å²) < 4.78 is 13.1. The van der Waals surface area contributed by atoms with Crippen LogP contribution in [0.3, 0.4) is 0 Å². The minimum atomic E-state index is -0.534. The predicted octanol–water partition coefficient (Wildman–Crippen LogP) is 2.93. The normalized spacial score (nSPS) is 11.7. The van der Waals surface area contributed by atoms with Crippen LogP contribution in [0.4, 0.5) is 4.39 Å². The molecule has 1 amide bonds. The Morgan fingerprint density at radius 3 is 2.79 bits per heavy atom. The number of carbonyl (C=O) groups excluding carboxylic acids is 1. The molecule has 0 heterocycles. The summed E-state index contributed by atoms with van der Waals surface area (Å²) in [6.07, 6.45) is 2.56. The zero-order valence-electron chi connectivity index (χ0n) is 10.9. The maximum absolute atomic E-state index is 13.1. The second-order valence-electron chi connectivity index (χ2n) is 4.43. The van der Waals surface area contributed by atoms with Gasteiger partial charge in [-0.2, -0.15) is 0 Å². The topological polar surface area (TPSA) is 49.3 Å². The standard InChI is InChI=1S/C15H18FNO2/c1-4-10(2)13(15(18)17-19)7-5-12-6-8-14(16)11(3)9-12/h4,6,8-9,13,19H,1-2,5,7H2,3H3,(H,17,18)/t13-/m1/s1. The van der Waals surface area contributed by atoms with Crippen molar-refractivity contribution in [2.75, 3.05) is 0 Å². The fraction of sp³-hybridized carbons (Fsp3) is 0.267. The number of halogens is 1. The Balaban J connectivity index is 2.75. The number of nitrogens with one attached hydrogen (secondary N) is 1. The molecule has 0 radical (unpaired) electrons. The van der Waals surface area contributed by atoms with Crippen LogP contribution in [-0.4, -0.2) is 11.1 Å². The molecule has 19 heavy (non-hydrogen) atoms. The second kappa shape index (κ2) is 6.85. The molecule has 3 nitrogen and oxygen atoms in total. The van der Waals surface area contributed by atoms with Crippen LogP contribution in [0.15, 0.2) is 43.0 Å². The van der Waals surface area contributed by atoms with Crippen molar-refractivity contribution >= 4 is 5.91 Å². The van der Waals surface area contributed by atoms with Gasteiger partial charge < -0.3 is 0 Å². The lowest BCUT2D eigenvalue weighted by Gasteiger charge is -2.15. The van der Waals surface area contributed by atoms with Crippen molar-refractivity contribution in [2.45, 2.75) is 19.8 Å². The smallest absolute Gasteiger partial charge is 0.250 e. The summed E-state index contributed by atoms with van der Waals surface area (Å²) in [6, 6.07) is 4.85. The molecule has 1 rings (SSSR count). The van der Waals surface area contributed by atoms with E-state index in [1.807, 2.05) is 0 Å². The lowest BCUT2D eigenvalue weighted by atomic mass is 9.92. The van der Waals surface area contributed by atoms with E-state index in [-0.39, 0.29) is 5.82 Å². The van der Waals surface area contributed by atoms with Gasteiger partial charge in [0.1, 0.15) is 5.82 Å². The Morgan fingerprint density at radius 1 is 1.58 bits per heavy atom. The summed E-state index contributed by atoms with van der Waals surface area (Å²) in [4.78, 5) is 11.5. The van der Waals surface area contributed by atoms with Crippen LogP contribution >= 0.6 is 0 Å². The first-order chi connectivity index (χ1) is 8.99. The minimum Gasteiger partial charge on any atom is -0.289 e. The van der Waals surface area contributed by atoms with Gasteiger partial charge in [-0.15, -0.1) is 0 Å². The highest BCUT2D eigenvalue weighted by atomic mass is 19.1. The molecule has 4 heteroatoms. The summed E-state index contributed by atoms with van der Waals surface area (Å²) in [5.41, 5.74) is 3.69. The van der Waals surface area contributed by atoms with Gasteiger partial charge in [-0.3, -0.25) is 10.0 Å². The van der Waals surface area contributed by atoms with E-state index in [0.29, 0.717) is 24.0 Å². The molecule has 0 bridgehead atoms. The van der Waals surface area contributed by atoms with E-state index in [1.165, 1.54) is 12.1 Å². The highest BCUT2D eigenvalue weighted by Crippen LogP contribution is 2.19. The summed E-state index contributed by atoms with van der Waals surface area (Å²) in [6.45, 7) is 9.00. The number of aryl methyl sites for hydroxylation is 2. The number of benzene rings is 1. The Bertz CT molecular complexity index is 497. The molecule has 2 N–H and O–H groups in total. The largest absolute Gasteiger partial charge is 0.289 e. The SMILES string of the molecule is C=CC(=C)[C@@H](CCc1ccc(F)c(C)c1)C(=O)NO. The summed E-state index contributed by atoms with van der Waals surface area (Å²) >= 11 is 0. The molecule has 102 valence electrons. The number of hydroxylamine groups is 1. The molecule has 0 aliphatic carbocycles. The Labute approximate surface area is 112 Å². The van der Waals surface area contributed by atoms with Gasteiger partial charge in [0, 0.05) is 0 Å². The van der Waals surface area contributed by atoms with Crippen molar-refractivity contribution in [1.29, 1.82) is 0 Å². The molecule has 0 aliphatic heterocycles. The van der Waals surface area contributed by atoms with Crippen LogP contribution in [0.2, 0.25) is 0 Å².